The molecule has 0 spiro atoms. The average molecular weight is 302 g/mol. The maximum absolute atomic E-state index is 5.55. The molecule has 3 nitrogen and oxygen atoms in total. The standard InChI is InChI=1S/C19H30N2O/c1-15(13-19-14-22-12-11-20-19)21-18-9-7-17(8-10-18)16-5-3-2-4-6-16/h2-6,15,17-21H,7-14H2,1H3. The zero-order chi connectivity index (χ0) is 15.2. The number of benzene rings is 1. The molecule has 2 atom stereocenters. The third kappa shape index (κ3) is 4.55. The summed E-state index contributed by atoms with van der Waals surface area (Å²) in [7, 11) is 0. The Labute approximate surface area is 134 Å². The second-order valence-corrected chi connectivity index (χ2v) is 6.99. The Hall–Kier alpha value is -0.900. The summed E-state index contributed by atoms with van der Waals surface area (Å²) >= 11 is 0. The highest BCUT2D eigenvalue weighted by Gasteiger charge is 2.24. The third-order valence-electron chi connectivity index (χ3n) is 5.15. The molecule has 1 saturated heterocycles. The molecule has 1 aromatic carbocycles. The molecule has 1 heterocycles. The van der Waals surface area contributed by atoms with E-state index < -0.39 is 0 Å². The van der Waals surface area contributed by atoms with E-state index in [1.165, 1.54) is 37.7 Å². The van der Waals surface area contributed by atoms with Crippen molar-refractivity contribution >= 4 is 0 Å². The van der Waals surface area contributed by atoms with Crippen LogP contribution < -0.4 is 10.6 Å². The first-order chi connectivity index (χ1) is 10.8. The molecule has 3 heteroatoms. The Kier molecular flexibility index (Phi) is 5.88. The van der Waals surface area contributed by atoms with Crippen molar-refractivity contribution in [2.45, 2.75) is 63.1 Å². The first-order valence-electron chi connectivity index (χ1n) is 8.93. The summed E-state index contributed by atoms with van der Waals surface area (Å²) in [5.41, 5.74) is 1.53. The van der Waals surface area contributed by atoms with Crippen LogP contribution in [0.4, 0.5) is 0 Å². The Morgan fingerprint density at radius 2 is 1.95 bits per heavy atom. The summed E-state index contributed by atoms with van der Waals surface area (Å²) in [4.78, 5) is 0. The molecule has 22 heavy (non-hydrogen) atoms. The first-order valence-corrected chi connectivity index (χ1v) is 8.93. The molecule has 1 saturated carbocycles. The highest BCUT2D eigenvalue weighted by atomic mass is 16.5. The van der Waals surface area contributed by atoms with Crippen LogP contribution in [0.15, 0.2) is 30.3 Å². The summed E-state index contributed by atoms with van der Waals surface area (Å²) in [6.07, 6.45) is 6.41. The van der Waals surface area contributed by atoms with Gasteiger partial charge in [-0.1, -0.05) is 30.3 Å². The van der Waals surface area contributed by atoms with Gasteiger partial charge in [0.2, 0.25) is 0 Å². The molecule has 0 radical (unpaired) electrons. The number of ether oxygens (including phenoxy) is 1. The van der Waals surface area contributed by atoms with E-state index in [0.717, 1.165) is 25.7 Å². The third-order valence-corrected chi connectivity index (χ3v) is 5.15. The lowest BCUT2D eigenvalue weighted by Gasteiger charge is -2.33. The van der Waals surface area contributed by atoms with E-state index >= 15 is 0 Å². The van der Waals surface area contributed by atoms with Gasteiger partial charge in [0.25, 0.3) is 0 Å². The topological polar surface area (TPSA) is 33.3 Å². The van der Waals surface area contributed by atoms with Gasteiger partial charge in [0.15, 0.2) is 0 Å². The Morgan fingerprint density at radius 1 is 1.18 bits per heavy atom. The van der Waals surface area contributed by atoms with E-state index in [1.54, 1.807) is 0 Å². The van der Waals surface area contributed by atoms with Gasteiger partial charge in [-0.05, 0) is 50.5 Å². The minimum Gasteiger partial charge on any atom is -0.379 e. The number of nitrogens with one attached hydrogen (secondary N) is 2. The van der Waals surface area contributed by atoms with Crippen LogP contribution in [0, 0.1) is 0 Å². The average Bonchev–Trinajstić information content (AvgIpc) is 2.57. The SMILES string of the molecule is CC(CC1COCCN1)NC1CCC(c2ccccc2)CC1. The van der Waals surface area contributed by atoms with Crippen LogP contribution in [0.5, 0.6) is 0 Å². The minimum atomic E-state index is 0.525. The molecule has 1 aliphatic heterocycles. The van der Waals surface area contributed by atoms with E-state index in [0.29, 0.717) is 18.1 Å². The van der Waals surface area contributed by atoms with Crippen LogP contribution in [0.25, 0.3) is 0 Å². The highest BCUT2D eigenvalue weighted by Crippen LogP contribution is 2.32. The zero-order valence-corrected chi connectivity index (χ0v) is 13.8. The van der Waals surface area contributed by atoms with Crippen LogP contribution in [0.3, 0.4) is 0 Å². The number of hydrogen-bond donors (Lipinski definition) is 2. The van der Waals surface area contributed by atoms with Gasteiger partial charge < -0.3 is 15.4 Å². The molecule has 0 bridgehead atoms. The smallest absolute Gasteiger partial charge is 0.0620 e. The van der Waals surface area contributed by atoms with E-state index in [9.17, 15) is 0 Å². The first kappa shape index (κ1) is 16.0. The Balaban J connectivity index is 1.39. The molecule has 0 amide bonds. The second-order valence-electron chi connectivity index (χ2n) is 6.99. The zero-order valence-electron chi connectivity index (χ0n) is 13.8. The highest BCUT2D eigenvalue weighted by molar-refractivity contribution is 5.20. The van der Waals surface area contributed by atoms with Crippen LogP contribution >= 0.6 is 0 Å². The van der Waals surface area contributed by atoms with Crippen LogP contribution in [-0.4, -0.2) is 37.9 Å². The van der Waals surface area contributed by atoms with Crippen LogP contribution in [-0.2, 0) is 4.74 Å². The fourth-order valence-corrected chi connectivity index (χ4v) is 3.99. The van der Waals surface area contributed by atoms with Gasteiger partial charge in [0.1, 0.15) is 0 Å². The van der Waals surface area contributed by atoms with Gasteiger partial charge >= 0.3 is 0 Å². The van der Waals surface area contributed by atoms with Crippen molar-refractivity contribution in [1.29, 1.82) is 0 Å². The molecule has 2 unspecified atom stereocenters. The quantitative estimate of drug-likeness (QED) is 0.877. The Bertz CT molecular complexity index is 422. The summed E-state index contributed by atoms with van der Waals surface area (Å²) in [5.74, 6) is 0.767. The predicted octanol–water partition coefficient (Wildman–Crippen LogP) is 3.07. The number of hydrogen-bond acceptors (Lipinski definition) is 3. The largest absolute Gasteiger partial charge is 0.379 e. The summed E-state index contributed by atoms with van der Waals surface area (Å²) in [5, 5.41) is 7.39. The van der Waals surface area contributed by atoms with Crippen molar-refractivity contribution in [2.24, 2.45) is 0 Å². The van der Waals surface area contributed by atoms with Crippen molar-refractivity contribution in [1.82, 2.24) is 10.6 Å². The van der Waals surface area contributed by atoms with E-state index in [4.69, 9.17) is 4.74 Å². The van der Waals surface area contributed by atoms with Gasteiger partial charge in [-0.3, -0.25) is 0 Å². The molecule has 0 aromatic heterocycles. The number of rotatable bonds is 5. The van der Waals surface area contributed by atoms with Gasteiger partial charge in [-0.2, -0.15) is 0 Å². The van der Waals surface area contributed by atoms with E-state index in [-0.39, 0.29) is 0 Å². The molecular weight excluding hydrogens is 272 g/mol. The van der Waals surface area contributed by atoms with Gasteiger partial charge in [-0.25, -0.2) is 0 Å². The summed E-state index contributed by atoms with van der Waals surface area (Å²) < 4.78 is 5.55. The molecule has 2 fully saturated rings. The van der Waals surface area contributed by atoms with E-state index in [1.807, 2.05) is 0 Å². The lowest BCUT2D eigenvalue weighted by Crippen LogP contribution is -2.47. The van der Waals surface area contributed by atoms with Gasteiger partial charge in [0, 0.05) is 24.7 Å². The van der Waals surface area contributed by atoms with Crippen LogP contribution in [0.1, 0.15) is 50.5 Å². The second kappa shape index (κ2) is 8.09. The molecule has 1 aliphatic carbocycles. The molecular formula is C19H30N2O. The van der Waals surface area contributed by atoms with Crippen molar-refractivity contribution in [2.75, 3.05) is 19.8 Å². The van der Waals surface area contributed by atoms with Gasteiger partial charge in [0.05, 0.1) is 13.2 Å². The normalized spacial score (nSPS) is 30.9. The molecule has 122 valence electrons. The molecule has 2 aliphatic rings. The fraction of sp³-hybridized carbons (Fsp3) is 0.684. The van der Waals surface area contributed by atoms with Gasteiger partial charge in [-0.15, -0.1) is 0 Å². The van der Waals surface area contributed by atoms with Crippen molar-refractivity contribution in [3.05, 3.63) is 35.9 Å². The maximum atomic E-state index is 5.55. The predicted molar refractivity (Wildman–Crippen MR) is 91.3 cm³/mol. The summed E-state index contributed by atoms with van der Waals surface area (Å²) in [6, 6.07) is 12.8. The monoisotopic (exact) mass is 302 g/mol. The van der Waals surface area contributed by atoms with Crippen molar-refractivity contribution in [3.8, 4) is 0 Å². The lowest BCUT2D eigenvalue weighted by atomic mass is 9.81. The van der Waals surface area contributed by atoms with Crippen LogP contribution in [0.2, 0.25) is 0 Å². The maximum Gasteiger partial charge on any atom is 0.0620 e. The molecule has 3 rings (SSSR count). The summed E-state index contributed by atoms with van der Waals surface area (Å²) in [6.45, 7) is 5.05. The lowest BCUT2D eigenvalue weighted by molar-refractivity contribution is 0.0704. The molecule has 1 aromatic rings. The van der Waals surface area contributed by atoms with E-state index in [2.05, 4.69) is 47.9 Å². The minimum absolute atomic E-state index is 0.525. The fourth-order valence-electron chi connectivity index (χ4n) is 3.99. The van der Waals surface area contributed by atoms with Crippen molar-refractivity contribution in [3.63, 3.8) is 0 Å². The number of morpholine rings is 1. The Morgan fingerprint density at radius 3 is 2.64 bits per heavy atom. The molecule has 2 N–H and O–H groups in total. The van der Waals surface area contributed by atoms with Crippen molar-refractivity contribution < 1.29 is 4.74 Å².